The second-order valence-electron chi connectivity index (χ2n) is 6.02. The molecule has 0 radical (unpaired) electrons. The smallest absolute Gasteiger partial charge is 0.308 e. The Labute approximate surface area is 125 Å². The van der Waals surface area contributed by atoms with Gasteiger partial charge in [0.15, 0.2) is 0 Å². The van der Waals surface area contributed by atoms with Gasteiger partial charge in [-0.25, -0.2) is 0 Å². The minimum absolute atomic E-state index is 0.0332. The topological polar surface area (TPSA) is 95.5 Å². The average molecular weight is 298 g/mol. The largest absolute Gasteiger partial charge is 0.481 e. The quantitative estimate of drug-likeness (QED) is 0.626. The van der Waals surface area contributed by atoms with E-state index in [4.69, 9.17) is 5.11 Å². The highest BCUT2D eigenvalue weighted by Crippen LogP contribution is 2.24. The maximum Gasteiger partial charge on any atom is 0.308 e. The van der Waals surface area contributed by atoms with Crippen LogP contribution in [0, 0.1) is 17.8 Å². The summed E-state index contributed by atoms with van der Waals surface area (Å²) in [5.41, 5.74) is 0. The molecular weight excluding hydrogens is 272 g/mol. The monoisotopic (exact) mass is 298 g/mol. The van der Waals surface area contributed by atoms with Gasteiger partial charge in [-0.3, -0.25) is 14.4 Å². The number of rotatable bonds is 8. The van der Waals surface area contributed by atoms with Crippen LogP contribution < -0.4 is 10.6 Å². The van der Waals surface area contributed by atoms with Gasteiger partial charge in [0, 0.05) is 25.4 Å². The molecule has 6 heteroatoms. The minimum atomic E-state index is -0.903. The molecule has 0 saturated heterocycles. The fourth-order valence-electron chi connectivity index (χ4n) is 2.55. The summed E-state index contributed by atoms with van der Waals surface area (Å²) in [5, 5.41) is 14.4. The molecule has 1 rings (SSSR count). The summed E-state index contributed by atoms with van der Waals surface area (Å²) in [6, 6.07) is 0. The van der Waals surface area contributed by atoms with Gasteiger partial charge in [0.2, 0.25) is 11.8 Å². The zero-order valence-corrected chi connectivity index (χ0v) is 12.9. The number of carbonyl (C=O) groups is 3. The Kier molecular flexibility index (Phi) is 7.19. The number of hydrogen-bond acceptors (Lipinski definition) is 3. The van der Waals surface area contributed by atoms with Crippen molar-refractivity contribution < 1.29 is 19.5 Å². The van der Waals surface area contributed by atoms with E-state index in [0.717, 1.165) is 25.7 Å². The van der Waals surface area contributed by atoms with Crippen molar-refractivity contribution in [3.8, 4) is 0 Å². The molecule has 1 aliphatic rings. The summed E-state index contributed by atoms with van der Waals surface area (Å²) < 4.78 is 0. The lowest BCUT2D eigenvalue weighted by atomic mass is 9.96. The molecule has 0 spiro atoms. The van der Waals surface area contributed by atoms with Crippen LogP contribution in [0.15, 0.2) is 0 Å². The van der Waals surface area contributed by atoms with Gasteiger partial charge in [-0.15, -0.1) is 0 Å². The summed E-state index contributed by atoms with van der Waals surface area (Å²) in [6.45, 7) is 4.06. The molecule has 1 saturated carbocycles. The van der Waals surface area contributed by atoms with Crippen LogP contribution in [0.2, 0.25) is 0 Å². The average Bonchev–Trinajstić information content (AvgIpc) is 2.91. The molecule has 3 N–H and O–H groups in total. The summed E-state index contributed by atoms with van der Waals surface area (Å²) >= 11 is 0. The molecule has 0 aliphatic heterocycles. The molecule has 1 fully saturated rings. The van der Waals surface area contributed by atoms with E-state index in [-0.39, 0.29) is 36.6 Å². The molecule has 21 heavy (non-hydrogen) atoms. The van der Waals surface area contributed by atoms with Crippen molar-refractivity contribution in [2.45, 2.75) is 46.0 Å². The van der Waals surface area contributed by atoms with E-state index < -0.39 is 11.9 Å². The predicted molar refractivity (Wildman–Crippen MR) is 78.6 cm³/mol. The number of carbonyl (C=O) groups excluding carboxylic acids is 2. The molecule has 120 valence electrons. The molecule has 1 unspecified atom stereocenters. The normalized spacial score (nSPS) is 16.7. The Balaban J connectivity index is 2.18. The summed E-state index contributed by atoms with van der Waals surface area (Å²) in [5.74, 6) is -1.61. The van der Waals surface area contributed by atoms with E-state index in [1.165, 1.54) is 0 Å². The van der Waals surface area contributed by atoms with Crippen LogP contribution in [-0.2, 0) is 14.4 Å². The van der Waals surface area contributed by atoms with E-state index in [0.29, 0.717) is 6.54 Å². The van der Waals surface area contributed by atoms with Gasteiger partial charge < -0.3 is 15.7 Å². The standard InChI is InChI=1S/C15H26N2O4/c1-10(2)12(15(20)21)9-17-13(18)7-8-16-14(19)11-5-3-4-6-11/h10-12H,3-9H2,1-2H3,(H,16,19)(H,17,18)(H,20,21). The van der Waals surface area contributed by atoms with Crippen LogP contribution >= 0.6 is 0 Å². The highest BCUT2D eigenvalue weighted by atomic mass is 16.4. The van der Waals surface area contributed by atoms with Crippen molar-refractivity contribution in [1.82, 2.24) is 10.6 Å². The van der Waals surface area contributed by atoms with Gasteiger partial charge in [0.05, 0.1) is 5.92 Å². The van der Waals surface area contributed by atoms with Crippen LogP contribution in [0.5, 0.6) is 0 Å². The molecule has 1 aliphatic carbocycles. The molecule has 0 aromatic carbocycles. The zero-order chi connectivity index (χ0) is 15.8. The molecule has 2 amide bonds. The highest BCUT2D eigenvalue weighted by molar-refractivity contribution is 5.81. The van der Waals surface area contributed by atoms with E-state index in [1.807, 2.05) is 13.8 Å². The van der Waals surface area contributed by atoms with Gasteiger partial charge in [-0.2, -0.15) is 0 Å². The third kappa shape index (κ3) is 6.14. The van der Waals surface area contributed by atoms with Crippen molar-refractivity contribution in [2.75, 3.05) is 13.1 Å². The Morgan fingerprint density at radius 2 is 1.76 bits per heavy atom. The van der Waals surface area contributed by atoms with Gasteiger partial charge in [0.25, 0.3) is 0 Å². The summed E-state index contributed by atoms with van der Waals surface area (Å²) in [6.07, 6.45) is 4.26. The number of carboxylic acid groups (broad SMARTS) is 1. The van der Waals surface area contributed by atoms with Crippen LogP contribution in [0.3, 0.4) is 0 Å². The van der Waals surface area contributed by atoms with Crippen molar-refractivity contribution in [3.63, 3.8) is 0 Å². The SMILES string of the molecule is CC(C)C(CNC(=O)CCNC(=O)C1CCCC1)C(=O)O. The first-order valence-electron chi connectivity index (χ1n) is 7.69. The summed E-state index contributed by atoms with van der Waals surface area (Å²) in [7, 11) is 0. The Morgan fingerprint density at radius 1 is 1.14 bits per heavy atom. The zero-order valence-electron chi connectivity index (χ0n) is 12.9. The Bertz CT molecular complexity index is 376. The molecule has 0 bridgehead atoms. The maximum atomic E-state index is 11.8. The fourth-order valence-corrected chi connectivity index (χ4v) is 2.55. The van der Waals surface area contributed by atoms with Crippen LogP contribution in [0.1, 0.15) is 46.0 Å². The number of amides is 2. The third-order valence-electron chi connectivity index (χ3n) is 4.02. The van der Waals surface area contributed by atoms with Gasteiger partial charge in [-0.05, 0) is 18.8 Å². The number of aliphatic carboxylic acids is 1. The first-order chi connectivity index (χ1) is 9.91. The van der Waals surface area contributed by atoms with Gasteiger partial charge >= 0.3 is 5.97 Å². The van der Waals surface area contributed by atoms with E-state index in [2.05, 4.69) is 10.6 Å². The lowest BCUT2D eigenvalue weighted by Crippen LogP contribution is -2.37. The Hall–Kier alpha value is -1.59. The van der Waals surface area contributed by atoms with Crippen molar-refractivity contribution >= 4 is 17.8 Å². The predicted octanol–water partition coefficient (Wildman–Crippen LogP) is 1.16. The summed E-state index contributed by atoms with van der Waals surface area (Å²) in [4.78, 5) is 34.4. The third-order valence-corrected chi connectivity index (χ3v) is 4.02. The van der Waals surface area contributed by atoms with Crippen LogP contribution in [0.4, 0.5) is 0 Å². The van der Waals surface area contributed by atoms with Gasteiger partial charge in [-0.1, -0.05) is 26.7 Å². The first kappa shape index (κ1) is 17.5. The number of nitrogens with one attached hydrogen (secondary N) is 2. The molecule has 6 nitrogen and oxygen atoms in total. The highest BCUT2D eigenvalue weighted by Gasteiger charge is 2.23. The van der Waals surface area contributed by atoms with E-state index >= 15 is 0 Å². The van der Waals surface area contributed by atoms with Gasteiger partial charge in [0.1, 0.15) is 0 Å². The minimum Gasteiger partial charge on any atom is -0.481 e. The van der Waals surface area contributed by atoms with Crippen molar-refractivity contribution in [1.29, 1.82) is 0 Å². The second kappa shape index (κ2) is 8.64. The van der Waals surface area contributed by atoms with Crippen molar-refractivity contribution in [3.05, 3.63) is 0 Å². The number of hydrogen-bond donors (Lipinski definition) is 3. The molecule has 0 aromatic rings. The lowest BCUT2D eigenvalue weighted by Gasteiger charge is -2.17. The molecule has 1 atom stereocenters. The van der Waals surface area contributed by atoms with E-state index in [9.17, 15) is 14.4 Å². The van der Waals surface area contributed by atoms with E-state index in [1.54, 1.807) is 0 Å². The first-order valence-corrected chi connectivity index (χ1v) is 7.69. The van der Waals surface area contributed by atoms with Crippen LogP contribution in [-0.4, -0.2) is 36.0 Å². The number of carboxylic acids is 1. The maximum absolute atomic E-state index is 11.8. The Morgan fingerprint density at radius 3 is 2.29 bits per heavy atom. The fraction of sp³-hybridized carbons (Fsp3) is 0.800. The molecule has 0 heterocycles. The van der Waals surface area contributed by atoms with Crippen LogP contribution in [0.25, 0.3) is 0 Å². The van der Waals surface area contributed by atoms with Crippen molar-refractivity contribution in [2.24, 2.45) is 17.8 Å². The molecule has 0 aromatic heterocycles. The lowest BCUT2D eigenvalue weighted by molar-refractivity contribution is -0.143. The molecular formula is C15H26N2O4. The second-order valence-corrected chi connectivity index (χ2v) is 6.02.